The molecule has 0 heterocycles. The fraction of sp³-hybridized carbons (Fsp3) is 0.333. The number of allylic oxidation sites excluding steroid dienone is 4. The molecule has 1 aliphatic rings. The van der Waals surface area contributed by atoms with Crippen LogP contribution in [-0.2, 0) is 31.0 Å². The summed E-state index contributed by atoms with van der Waals surface area (Å²) in [5, 5.41) is 0. The second-order valence-corrected chi connectivity index (χ2v) is 3.53. The minimum atomic E-state index is 1.23. The Kier molecular flexibility index (Phi) is 1.82. The van der Waals surface area contributed by atoms with Crippen LogP contribution < -0.4 is 0 Å². The molecule has 0 aromatic rings. The Morgan fingerprint density at radius 3 is 2.57 bits per heavy atom. The van der Waals surface area contributed by atoms with Gasteiger partial charge in [0.05, 0.1) is 0 Å². The van der Waals surface area contributed by atoms with Crippen molar-refractivity contribution in [3.05, 3.63) is 20.1 Å². The average Bonchev–Trinajstić information content (AvgIpc) is 1.91. The Bertz CT molecular complexity index is 131. The number of rotatable bonds is 0. The van der Waals surface area contributed by atoms with Crippen LogP contribution in [0.15, 0.2) is 20.1 Å². The summed E-state index contributed by atoms with van der Waals surface area (Å²) in [5.74, 6) is 0. The normalized spacial score (nSPS) is 18.9. The molecule has 0 aromatic heterocycles. The van der Waals surface area contributed by atoms with E-state index in [9.17, 15) is 0 Å². The Morgan fingerprint density at radius 2 is 2.43 bits per heavy atom. The van der Waals surface area contributed by atoms with Crippen LogP contribution in [0.1, 0.15) is 13.3 Å². The first-order chi connectivity index (χ1) is 3.30. The molecule has 0 nitrogen and oxygen atoms in total. The molecule has 0 N–H and O–H groups in total. The fourth-order valence-electron chi connectivity index (χ4n) is 0.631. The van der Waals surface area contributed by atoms with Gasteiger partial charge in [-0.1, -0.05) is 0 Å². The van der Waals surface area contributed by atoms with Crippen LogP contribution in [0.2, 0.25) is 0 Å². The summed E-state index contributed by atoms with van der Waals surface area (Å²) < 4.78 is 1.64. The van der Waals surface area contributed by atoms with E-state index in [2.05, 4.69) is 19.1 Å². The van der Waals surface area contributed by atoms with Gasteiger partial charge in [0.25, 0.3) is 0 Å². The average molecular weight is 168 g/mol. The monoisotopic (exact) mass is 168 g/mol. The summed E-state index contributed by atoms with van der Waals surface area (Å²) in [6, 6.07) is 0. The molecule has 1 heteroatoms. The minimum absolute atomic E-state index is 1.23. The van der Waals surface area contributed by atoms with Crippen molar-refractivity contribution in [3.63, 3.8) is 0 Å². The molecule has 0 amide bonds. The van der Waals surface area contributed by atoms with Crippen LogP contribution in [-0.4, -0.2) is 0 Å². The number of hydrogen-bond acceptors (Lipinski definition) is 0. The molecule has 0 bridgehead atoms. The van der Waals surface area contributed by atoms with Crippen molar-refractivity contribution in [2.24, 2.45) is 0 Å². The zero-order valence-electron chi connectivity index (χ0n) is 4.44. The summed E-state index contributed by atoms with van der Waals surface area (Å²) in [6.07, 6.45) is 5.67. The van der Waals surface area contributed by atoms with Gasteiger partial charge in [-0.15, -0.1) is 0 Å². The molecule has 0 radical (unpaired) electrons. The first-order valence-electron chi connectivity index (χ1n) is 2.42. The van der Waals surface area contributed by atoms with E-state index < -0.39 is 0 Å². The number of hydrogen-bond donors (Lipinski definition) is 0. The molecule has 1 aliphatic carbocycles. The summed E-state index contributed by atoms with van der Waals surface area (Å²) in [7, 11) is 0. The Labute approximate surface area is 64.1 Å². The van der Waals surface area contributed by atoms with Crippen LogP contribution in [0.25, 0.3) is 0 Å². The fourth-order valence-corrected chi connectivity index (χ4v) is 1.20. The van der Waals surface area contributed by atoms with Gasteiger partial charge in [0.1, 0.15) is 0 Å². The Hall–Kier alpha value is 0.584. The van der Waals surface area contributed by atoms with Gasteiger partial charge >= 0.3 is 64.4 Å². The molecular weight excluding hydrogens is 161 g/mol. The zero-order chi connectivity index (χ0) is 5.28. The molecule has 0 spiro atoms. The van der Waals surface area contributed by atoms with Gasteiger partial charge < -0.3 is 0 Å². The summed E-state index contributed by atoms with van der Waals surface area (Å²) in [5.41, 5.74) is 1.50. The third kappa shape index (κ3) is 1.23. The van der Waals surface area contributed by atoms with Gasteiger partial charge in [0.15, 0.2) is 0 Å². The summed E-state index contributed by atoms with van der Waals surface area (Å²) in [4.78, 5) is 0. The van der Waals surface area contributed by atoms with Crippen molar-refractivity contribution < 1.29 is 31.0 Å². The van der Waals surface area contributed by atoms with Crippen molar-refractivity contribution in [2.75, 3.05) is 0 Å². The van der Waals surface area contributed by atoms with Crippen molar-refractivity contribution >= 4 is 0 Å². The third-order valence-corrected chi connectivity index (χ3v) is 2.91. The van der Waals surface area contributed by atoms with E-state index in [0.717, 1.165) is 0 Å². The molecule has 0 aromatic carbocycles. The SMILES string of the molecule is CC1=[C]([Y])CC=C1. The standard InChI is InChI=1S/C6H7.Y/c1-6-4-2-3-5-6;/h2,4H,3H2,1H3;. The second kappa shape index (κ2) is 2.23. The van der Waals surface area contributed by atoms with Crippen LogP contribution in [0.4, 0.5) is 0 Å². The molecule has 0 atom stereocenters. The van der Waals surface area contributed by atoms with Crippen molar-refractivity contribution in [1.29, 1.82) is 0 Å². The molecule has 0 saturated carbocycles. The molecular formula is C6H7Y. The summed E-state index contributed by atoms with van der Waals surface area (Å²) in [6.45, 7) is 2.18. The van der Waals surface area contributed by atoms with Gasteiger partial charge in [0.2, 0.25) is 0 Å². The van der Waals surface area contributed by atoms with Gasteiger partial charge in [-0.2, -0.15) is 0 Å². The van der Waals surface area contributed by atoms with Gasteiger partial charge in [-0.05, 0) is 0 Å². The maximum atomic E-state index is 2.23. The zero-order valence-corrected chi connectivity index (χ0v) is 7.28. The van der Waals surface area contributed by atoms with Crippen molar-refractivity contribution in [2.45, 2.75) is 13.3 Å². The molecule has 7 heavy (non-hydrogen) atoms. The molecule has 0 aliphatic heterocycles. The maximum absolute atomic E-state index is 2.23. The molecule has 34 valence electrons. The van der Waals surface area contributed by atoms with Crippen LogP contribution in [0, 0.1) is 0 Å². The van der Waals surface area contributed by atoms with E-state index in [4.69, 9.17) is 0 Å². The third-order valence-electron chi connectivity index (χ3n) is 1.21. The van der Waals surface area contributed by atoms with Gasteiger partial charge in [-0.3, -0.25) is 0 Å². The predicted octanol–water partition coefficient (Wildman–Crippen LogP) is 1.77. The first-order valence-corrected chi connectivity index (χ1v) is 3.84. The first kappa shape index (κ1) is 5.72. The van der Waals surface area contributed by atoms with E-state index in [1.165, 1.54) is 42.9 Å². The summed E-state index contributed by atoms with van der Waals surface area (Å²) >= 11 is 1.31. The topological polar surface area (TPSA) is 0 Å². The van der Waals surface area contributed by atoms with E-state index in [0.29, 0.717) is 0 Å². The van der Waals surface area contributed by atoms with E-state index >= 15 is 0 Å². The van der Waals surface area contributed by atoms with Crippen LogP contribution >= 0.6 is 0 Å². The predicted molar refractivity (Wildman–Crippen MR) is 26.5 cm³/mol. The van der Waals surface area contributed by atoms with E-state index in [-0.39, 0.29) is 0 Å². The van der Waals surface area contributed by atoms with Gasteiger partial charge in [-0.25, -0.2) is 0 Å². The quantitative estimate of drug-likeness (QED) is 0.517. The van der Waals surface area contributed by atoms with E-state index in [1.54, 1.807) is 2.38 Å². The Morgan fingerprint density at radius 1 is 1.71 bits per heavy atom. The van der Waals surface area contributed by atoms with Crippen LogP contribution in [0.5, 0.6) is 0 Å². The Balaban J connectivity index is 2.79. The molecule has 1 rings (SSSR count). The van der Waals surface area contributed by atoms with Gasteiger partial charge in [0, 0.05) is 0 Å². The van der Waals surface area contributed by atoms with Crippen molar-refractivity contribution in [3.8, 4) is 0 Å². The second-order valence-electron chi connectivity index (χ2n) is 1.81. The molecule has 0 unspecified atom stereocenters. The van der Waals surface area contributed by atoms with E-state index in [1.807, 2.05) is 0 Å². The molecule has 0 saturated heterocycles. The van der Waals surface area contributed by atoms with Crippen LogP contribution in [0.3, 0.4) is 0 Å². The van der Waals surface area contributed by atoms with Crippen molar-refractivity contribution in [1.82, 2.24) is 0 Å². The molecule has 0 fully saturated rings.